The number of aryl methyl sites for hydroxylation is 1. The summed E-state index contributed by atoms with van der Waals surface area (Å²) in [5, 5.41) is 12.3. The highest BCUT2D eigenvalue weighted by molar-refractivity contribution is 5.97. The molecule has 6 nitrogen and oxygen atoms in total. The Kier molecular flexibility index (Phi) is 6.28. The fourth-order valence-corrected chi connectivity index (χ4v) is 5.17. The largest absolute Gasteiger partial charge is 0.375 e. The van der Waals surface area contributed by atoms with Crippen LogP contribution in [-0.2, 0) is 11.2 Å². The highest BCUT2D eigenvalue weighted by atomic mass is 16.5. The molecule has 3 heterocycles. The predicted octanol–water partition coefficient (Wildman–Crippen LogP) is 5.68. The Labute approximate surface area is 197 Å². The first-order valence-electron chi connectivity index (χ1n) is 12.5. The van der Waals surface area contributed by atoms with Crippen LogP contribution in [0.2, 0.25) is 0 Å². The lowest BCUT2D eigenvalue weighted by atomic mass is 9.77. The Morgan fingerprint density at radius 2 is 1.91 bits per heavy atom. The molecule has 1 saturated heterocycles. The number of ether oxygens (including phenoxy) is 1. The second-order valence-electron chi connectivity index (χ2n) is 9.99. The van der Waals surface area contributed by atoms with E-state index in [0.29, 0.717) is 6.04 Å². The number of hydrogen-bond donors (Lipinski definition) is 1. The van der Waals surface area contributed by atoms with E-state index in [2.05, 4.69) is 40.7 Å². The zero-order chi connectivity index (χ0) is 22.8. The van der Waals surface area contributed by atoms with Crippen LogP contribution in [0.3, 0.4) is 0 Å². The third-order valence-corrected chi connectivity index (χ3v) is 7.59. The van der Waals surface area contributed by atoms with Crippen molar-refractivity contribution >= 4 is 22.9 Å². The molecule has 174 valence electrons. The molecular weight excluding hydrogens is 410 g/mol. The molecule has 1 aromatic heterocycles. The SMILES string of the molecule is C/C1=N/N=C(C)/C=C\C(C2=CCCCc3nc(NC4CCC5(CCO5)CC4)ncc32)=C/[C@H]1C. The first-order chi connectivity index (χ1) is 16.0. The topological polar surface area (TPSA) is 71.8 Å². The van der Waals surface area contributed by atoms with Gasteiger partial charge in [0.15, 0.2) is 0 Å². The van der Waals surface area contributed by atoms with Crippen LogP contribution < -0.4 is 5.32 Å². The van der Waals surface area contributed by atoms with Crippen molar-refractivity contribution in [3.8, 4) is 0 Å². The summed E-state index contributed by atoms with van der Waals surface area (Å²) in [6.07, 6.45) is 19.8. The van der Waals surface area contributed by atoms with Gasteiger partial charge in [-0.05, 0) is 82.4 Å². The van der Waals surface area contributed by atoms with Crippen LogP contribution >= 0.6 is 0 Å². The van der Waals surface area contributed by atoms with Gasteiger partial charge in [0.2, 0.25) is 5.95 Å². The molecular formula is C27H35N5O. The molecule has 0 radical (unpaired) electrons. The maximum atomic E-state index is 5.87. The van der Waals surface area contributed by atoms with Crippen LogP contribution in [0.4, 0.5) is 5.95 Å². The van der Waals surface area contributed by atoms with Crippen LogP contribution in [0.15, 0.2) is 46.3 Å². The number of fused-ring (bicyclic) bond motifs is 1. The highest BCUT2D eigenvalue weighted by Crippen LogP contribution is 2.41. The summed E-state index contributed by atoms with van der Waals surface area (Å²) in [7, 11) is 0. The van der Waals surface area contributed by atoms with Crippen molar-refractivity contribution in [3.63, 3.8) is 0 Å². The van der Waals surface area contributed by atoms with Crippen molar-refractivity contribution in [2.45, 2.75) is 83.8 Å². The van der Waals surface area contributed by atoms with E-state index < -0.39 is 0 Å². The van der Waals surface area contributed by atoms with Crippen LogP contribution in [0, 0.1) is 5.92 Å². The van der Waals surface area contributed by atoms with E-state index in [-0.39, 0.29) is 11.5 Å². The van der Waals surface area contributed by atoms with Crippen molar-refractivity contribution in [1.82, 2.24) is 9.97 Å². The second-order valence-corrected chi connectivity index (χ2v) is 9.99. The highest BCUT2D eigenvalue weighted by Gasteiger charge is 2.41. The maximum absolute atomic E-state index is 5.87. The lowest BCUT2D eigenvalue weighted by molar-refractivity contribution is -0.165. The molecule has 4 aliphatic rings. The van der Waals surface area contributed by atoms with Crippen LogP contribution in [0.1, 0.15) is 77.0 Å². The number of allylic oxidation sites excluding steroid dienone is 6. The predicted molar refractivity (Wildman–Crippen MR) is 135 cm³/mol. The van der Waals surface area contributed by atoms with E-state index in [4.69, 9.17) is 14.7 Å². The number of rotatable bonds is 3. The monoisotopic (exact) mass is 445 g/mol. The average Bonchev–Trinajstić information content (AvgIpc) is 2.98. The normalized spacial score (nSPS) is 35.5. The van der Waals surface area contributed by atoms with Crippen LogP contribution in [0.5, 0.6) is 0 Å². The molecule has 0 aromatic carbocycles. The third kappa shape index (κ3) is 4.86. The summed E-state index contributed by atoms with van der Waals surface area (Å²) in [6.45, 7) is 7.14. The second kappa shape index (κ2) is 9.34. The van der Waals surface area contributed by atoms with Crippen molar-refractivity contribution in [2.75, 3.05) is 11.9 Å². The molecule has 0 bridgehead atoms. The van der Waals surface area contributed by atoms with Gasteiger partial charge in [0.25, 0.3) is 0 Å². The lowest BCUT2D eigenvalue weighted by Crippen LogP contribution is -2.48. The molecule has 5 rings (SSSR count). The average molecular weight is 446 g/mol. The minimum atomic E-state index is 0.188. The summed E-state index contributed by atoms with van der Waals surface area (Å²) in [5.41, 5.74) is 6.82. The van der Waals surface area contributed by atoms with E-state index in [1.165, 1.54) is 17.6 Å². The van der Waals surface area contributed by atoms with Gasteiger partial charge in [-0.3, -0.25) is 0 Å². The molecule has 6 heteroatoms. The van der Waals surface area contributed by atoms with Crippen LogP contribution in [-0.4, -0.2) is 39.6 Å². The van der Waals surface area contributed by atoms with Crippen molar-refractivity contribution in [2.24, 2.45) is 16.1 Å². The molecule has 2 fully saturated rings. The Morgan fingerprint density at radius 1 is 1.09 bits per heavy atom. The van der Waals surface area contributed by atoms with Gasteiger partial charge in [0, 0.05) is 29.4 Å². The van der Waals surface area contributed by atoms with Gasteiger partial charge in [0.1, 0.15) is 0 Å². The summed E-state index contributed by atoms with van der Waals surface area (Å²) in [6, 6.07) is 0.434. The van der Waals surface area contributed by atoms with E-state index in [9.17, 15) is 0 Å². The molecule has 1 atom stereocenters. The molecule has 2 aliphatic carbocycles. The fraction of sp³-hybridized carbons (Fsp3) is 0.556. The number of nitrogens with one attached hydrogen (secondary N) is 1. The quantitative estimate of drug-likeness (QED) is 0.650. The van der Waals surface area contributed by atoms with E-state index >= 15 is 0 Å². The molecule has 0 unspecified atom stereocenters. The summed E-state index contributed by atoms with van der Waals surface area (Å²) in [4.78, 5) is 9.76. The van der Waals surface area contributed by atoms with E-state index in [0.717, 1.165) is 80.2 Å². The van der Waals surface area contributed by atoms with E-state index in [1.54, 1.807) is 0 Å². The zero-order valence-electron chi connectivity index (χ0n) is 20.1. The molecule has 33 heavy (non-hydrogen) atoms. The van der Waals surface area contributed by atoms with Crippen molar-refractivity contribution in [3.05, 3.63) is 47.3 Å². The van der Waals surface area contributed by atoms with Gasteiger partial charge < -0.3 is 10.1 Å². The Hall–Kier alpha value is -2.60. The maximum Gasteiger partial charge on any atom is 0.223 e. The summed E-state index contributed by atoms with van der Waals surface area (Å²) < 4.78 is 5.87. The Morgan fingerprint density at radius 3 is 2.67 bits per heavy atom. The van der Waals surface area contributed by atoms with Crippen molar-refractivity contribution < 1.29 is 4.74 Å². The summed E-state index contributed by atoms with van der Waals surface area (Å²) in [5.74, 6) is 0.979. The van der Waals surface area contributed by atoms with Gasteiger partial charge in [0.05, 0.1) is 23.6 Å². The van der Waals surface area contributed by atoms with Gasteiger partial charge in [-0.15, -0.1) is 0 Å². The molecule has 1 N–H and O–H groups in total. The van der Waals surface area contributed by atoms with E-state index in [1.807, 2.05) is 26.1 Å². The van der Waals surface area contributed by atoms with Crippen LogP contribution in [0.25, 0.3) is 5.57 Å². The smallest absolute Gasteiger partial charge is 0.223 e. The molecule has 1 saturated carbocycles. The van der Waals surface area contributed by atoms with Gasteiger partial charge >= 0.3 is 0 Å². The molecule has 2 aliphatic heterocycles. The number of anilines is 1. The number of aromatic nitrogens is 2. The Balaban J connectivity index is 1.38. The first-order valence-corrected chi connectivity index (χ1v) is 12.5. The lowest BCUT2D eigenvalue weighted by Gasteiger charge is -2.46. The van der Waals surface area contributed by atoms with Crippen molar-refractivity contribution in [1.29, 1.82) is 0 Å². The first kappa shape index (κ1) is 22.2. The molecule has 1 aromatic rings. The molecule has 0 amide bonds. The standard InChI is InChI=1S/C27H35N5O/c1-18-16-21(9-8-19(2)31-32-20(18)3)23-6-4-5-7-25-24(23)17-28-26(30-25)29-22-10-12-27(13-11-22)14-15-33-27/h6,8-9,16-18,22H,4-5,7,10-15H2,1-3H3,(H,28,29,30)/b9-8-,21-16+,31-19+,32-20-/t18-,22?,27?/m1/s1. The zero-order valence-corrected chi connectivity index (χ0v) is 20.1. The number of hydrogen-bond acceptors (Lipinski definition) is 6. The Bertz CT molecular complexity index is 1050. The van der Waals surface area contributed by atoms with Gasteiger partial charge in [-0.25, -0.2) is 9.97 Å². The minimum absolute atomic E-state index is 0.188. The third-order valence-electron chi connectivity index (χ3n) is 7.59. The fourth-order valence-electron chi connectivity index (χ4n) is 5.17. The number of nitrogens with zero attached hydrogens (tertiary/aromatic N) is 4. The van der Waals surface area contributed by atoms with Gasteiger partial charge in [-0.2, -0.15) is 10.2 Å². The molecule has 1 spiro atoms. The summed E-state index contributed by atoms with van der Waals surface area (Å²) >= 11 is 0. The van der Waals surface area contributed by atoms with Gasteiger partial charge in [-0.1, -0.05) is 25.2 Å². The minimum Gasteiger partial charge on any atom is -0.375 e.